The first-order chi connectivity index (χ1) is 7.68. The Labute approximate surface area is 93.9 Å². The van der Waals surface area contributed by atoms with Crippen LogP contribution in [-0.4, -0.2) is 17.4 Å². The summed E-state index contributed by atoms with van der Waals surface area (Å²) in [6.07, 6.45) is 0.922. The number of amides is 1. The predicted molar refractivity (Wildman–Crippen MR) is 63.8 cm³/mol. The van der Waals surface area contributed by atoms with Crippen molar-refractivity contribution in [3.05, 3.63) is 34.5 Å². The Morgan fingerprint density at radius 2 is 1.94 bits per heavy atom. The molecule has 3 nitrogen and oxygen atoms in total. The molecule has 0 radical (unpaired) electrons. The summed E-state index contributed by atoms with van der Waals surface area (Å²) < 4.78 is 0. The van der Waals surface area contributed by atoms with E-state index >= 15 is 0 Å². The van der Waals surface area contributed by atoms with E-state index in [1.54, 1.807) is 0 Å². The molecule has 0 fully saturated rings. The highest BCUT2D eigenvalue weighted by molar-refractivity contribution is 6.03. The smallest absolute Gasteiger partial charge is 0.268 e. The molecule has 2 heterocycles. The summed E-state index contributed by atoms with van der Waals surface area (Å²) in [7, 11) is 0. The normalized spacial score (nSPS) is 15.0. The maximum Gasteiger partial charge on any atom is 0.268 e. The molecule has 1 amide bonds. The molecule has 3 heteroatoms. The third-order valence-corrected chi connectivity index (χ3v) is 3.36. The van der Waals surface area contributed by atoms with Crippen molar-refractivity contribution in [2.75, 3.05) is 6.54 Å². The largest absolute Gasteiger partial charge is 0.350 e. The monoisotopic (exact) mass is 214 g/mol. The van der Waals surface area contributed by atoms with Gasteiger partial charge in [-0.2, -0.15) is 0 Å². The van der Waals surface area contributed by atoms with Crippen LogP contribution in [0.15, 0.2) is 12.1 Å². The van der Waals surface area contributed by atoms with Crippen LogP contribution in [0.25, 0.3) is 10.9 Å². The van der Waals surface area contributed by atoms with Gasteiger partial charge in [-0.3, -0.25) is 4.79 Å². The number of carbonyl (C=O) groups excluding carboxylic acids is 1. The third kappa shape index (κ3) is 1.11. The van der Waals surface area contributed by atoms with Gasteiger partial charge in [-0.15, -0.1) is 0 Å². The quantitative estimate of drug-likeness (QED) is 0.692. The average molecular weight is 214 g/mol. The van der Waals surface area contributed by atoms with E-state index in [0.29, 0.717) is 0 Å². The summed E-state index contributed by atoms with van der Waals surface area (Å²) in [5, 5.41) is 4.11. The number of hydrogen-bond donors (Lipinski definition) is 2. The van der Waals surface area contributed by atoms with Crippen molar-refractivity contribution in [3.8, 4) is 0 Å². The van der Waals surface area contributed by atoms with Gasteiger partial charge in [0.05, 0.1) is 0 Å². The summed E-state index contributed by atoms with van der Waals surface area (Å²) >= 11 is 0. The summed E-state index contributed by atoms with van der Waals surface area (Å²) in [6, 6.07) is 4.22. The van der Waals surface area contributed by atoms with E-state index in [9.17, 15) is 4.79 Å². The van der Waals surface area contributed by atoms with E-state index in [0.717, 1.165) is 24.2 Å². The maximum atomic E-state index is 11.7. The van der Waals surface area contributed by atoms with Crippen molar-refractivity contribution < 1.29 is 4.79 Å². The lowest BCUT2D eigenvalue weighted by Gasteiger charge is -2.12. The maximum absolute atomic E-state index is 11.7. The first kappa shape index (κ1) is 9.46. The fourth-order valence-electron chi connectivity index (χ4n) is 2.52. The zero-order chi connectivity index (χ0) is 11.3. The minimum absolute atomic E-state index is 0.0243. The SMILES string of the molecule is Cc1ccc(C)c2c3c([nH]c12)C(=O)NCC3. The van der Waals surface area contributed by atoms with Gasteiger partial charge < -0.3 is 10.3 Å². The minimum atomic E-state index is 0.0243. The second kappa shape index (κ2) is 3.11. The number of nitrogens with one attached hydrogen (secondary N) is 2. The Balaban J connectivity index is 2.45. The standard InChI is InChI=1S/C13H14N2O/c1-7-3-4-8(2)11-10(7)9-5-6-14-13(16)12(9)15-11/h3-4,15H,5-6H2,1-2H3,(H,14,16). The van der Waals surface area contributed by atoms with E-state index in [4.69, 9.17) is 0 Å². The van der Waals surface area contributed by atoms with Gasteiger partial charge in [-0.05, 0) is 37.0 Å². The molecule has 1 aliphatic rings. The highest BCUT2D eigenvalue weighted by Gasteiger charge is 2.22. The van der Waals surface area contributed by atoms with Crippen LogP contribution in [0.5, 0.6) is 0 Å². The Hall–Kier alpha value is -1.77. The van der Waals surface area contributed by atoms with E-state index < -0.39 is 0 Å². The highest BCUT2D eigenvalue weighted by atomic mass is 16.1. The van der Waals surface area contributed by atoms with Crippen LogP contribution in [0.1, 0.15) is 27.2 Å². The van der Waals surface area contributed by atoms with Crippen LogP contribution in [0.2, 0.25) is 0 Å². The van der Waals surface area contributed by atoms with E-state index in [1.807, 2.05) is 0 Å². The summed E-state index contributed by atoms with van der Waals surface area (Å²) in [6.45, 7) is 4.91. The van der Waals surface area contributed by atoms with Gasteiger partial charge in [0.15, 0.2) is 0 Å². The van der Waals surface area contributed by atoms with Gasteiger partial charge in [-0.1, -0.05) is 12.1 Å². The molecule has 1 aliphatic heterocycles. The first-order valence-corrected chi connectivity index (χ1v) is 5.57. The molecule has 1 aromatic heterocycles. The Kier molecular flexibility index (Phi) is 1.84. The highest BCUT2D eigenvalue weighted by Crippen LogP contribution is 2.29. The van der Waals surface area contributed by atoms with Crippen molar-refractivity contribution in [2.45, 2.75) is 20.3 Å². The molecule has 0 saturated carbocycles. The predicted octanol–water partition coefficient (Wildman–Crippen LogP) is 2.07. The van der Waals surface area contributed by atoms with Crippen molar-refractivity contribution >= 4 is 16.8 Å². The van der Waals surface area contributed by atoms with E-state index in [2.05, 4.69) is 36.3 Å². The van der Waals surface area contributed by atoms with Gasteiger partial charge in [-0.25, -0.2) is 0 Å². The molecule has 1 aromatic carbocycles. The molecular weight excluding hydrogens is 200 g/mol. The average Bonchev–Trinajstić information content (AvgIpc) is 2.66. The Morgan fingerprint density at radius 1 is 1.19 bits per heavy atom. The van der Waals surface area contributed by atoms with Crippen LogP contribution < -0.4 is 5.32 Å². The van der Waals surface area contributed by atoms with Crippen molar-refractivity contribution in [1.29, 1.82) is 0 Å². The molecular formula is C13H14N2O. The van der Waals surface area contributed by atoms with E-state index in [-0.39, 0.29) is 5.91 Å². The van der Waals surface area contributed by atoms with Crippen LogP contribution >= 0.6 is 0 Å². The van der Waals surface area contributed by atoms with Crippen molar-refractivity contribution in [2.24, 2.45) is 0 Å². The zero-order valence-electron chi connectivity index (χ0n) is 9.48. The van der Waals surface area contributed by atoms with Crippen LogP contribution in [0.3, 0.4) is 0 Å². The molecule has 2 aromatic rings. The number of hydrogen-bond acceptors (Lipinski definition) is 1. The fraction of sp³-hybridized carbons (Fsp3) is 0.308. The van der Waals surface area contributed by atoms with E-state index in [1.165, 1.54) is 22.1 Å². The number of aromatic nitrogens is 1. The Bertz CT molecular complexity index is 595. The van der Waals surface area contributed by atoms with Crippen LogP contribution in [-0.2, 0) is 6.42 Å². The third-order valence-electron chi connectivity index (χ3n) is 3.36. The number of aromatic amines is 1. The summed E-state index contributed by atoms with van der Waals surface area (Å²) in [5.74, 6) is 0.0243. The second-order valence-electron chi connectivity index (χ2n) is 4.43. The van der Waals surface area contributed by atoms with Crippen molar-refractivity contribution in [1.82, 2.24) is 10.3 Å². The van der Waals surface area contributed by atoms with Gasteiger partial charge in [0, 0.05) is 17.4 Å². The van der Waals surface area contributed by atoms with Gasteiger partial charge >= 0.3 is 0 Å². The number of aryl methyl sites for hydroxylation is 2. The number of H-pyrrole nitrogens is 1. The minimum Gasteiger partial charge on any atom is -0.350 e. The number of fused-ring (bicyclic) bond motifs is 3. The second-order valence-corrected chi connectivity index (χ2v) is 4.43. The Morgan fingerprint density at radius 3 is 2.75 bits per heavy atom. The molecule has 82 valence electrons. The lowest BCUT2D eigenvalue weighted by atomic mass is 9.99. The molecule has 2 N–H and O–H groups in total. The molecule has 0 spiro atoms. The molecule has 0 bridgehead atoms. The molecule has 0 atom stereocenters. The molecule has 3 rings (SSSR count). The molecule has 0 aliphatic carbocycles. The first-order valence-electron chi connectivity index (χ1n) is 5.57. The van der Waals surface area contributed by atoms with Crippen molar-refractivity contribution in [3.63, 3.8) is 0 Å². The zero-order valence-corrected chi connectivity index (χ0v) is 9.48. The number of carbonyl (C=O) groups is 1. The molecule has 16 heavy (non-hydrogen) atoms. The van der Waals surface area contributed by atoms with Gasteiger partial charge in [0.25, 0.3) is 5.91 Å². The lowest BCUT2D eigenvalue weighted by Crippen LogP contribution is -2.31. The van der Waals surface area contributed by atoms with Crippen LogP contribution in [0.4, 0.5) is 0 Å². The number of benzene rings is 1. The molecule has 0 saturated heterocycles. The van der Waals surface area contributed by atoms with Crippen LogP contribution in [0, 0.1) is 13.8 Å². The lowest BCUT2D eigenvalue weighted by molar-refractivity contribution is 0.0942. The number of rotatable bonds is 0. The molecule has 0 unspecified atom stereocenters. The summed E-state index contributed by atoms with van der Waals surface area (Å²) in [4.78, 5) is 15.0. The van der Waals surface area contributed by atoms with Gasteiger partial charge in [0.2, 0.25) is 0 Å². The summed E-state index contributed by atoms with van der Waals surface area (Å²) in [5.41, 5.74) is 5.48. The van der Waals surface area contributed by atoms with Gasteiger partial charge in [0.1, 0.15) is 5.69 Å². The topological polar surface area (TPSA) is 44.9 Å². The fourth-order valence-corrected chi connectivity index (χ4v) is 2.52.